The zero-order chi connectivity index (χ0) is 23.1. The molecule has 9 nitrogen and oxygen atoms in total. The first kappa shape index (κ1) is 20.8. The minimum Gasteiger partial charge on any atom is -0.356 e. The van der Waals surface area contributed by atoms with Crippen molar-refractivity contribution < 1.29 is 14.1 Å². The number of amides is 2. The Balaban J connectivity index is 1.35. The van der Waals surface area contributed by atoms with Crippen molar-refractivity contribution in [2.45, 2.75) is 27.2 Å². The first-order chi connectivity index (χ1) is 15.9. The molecule has 2 aromatic carbocycles. The van der Waals surface area contributed by atoms with Crippen LogP contribution in [-0.4, -0.2) is 31.6 Å². The summed E-state index contributed by atoms with van der Waals surface area (Å²) in [4.78, 5) is 29.0. The summed E-state index contributed by atoms with van der Waals surface area (Å²) >= 11 is 1.42. The van der Waals surface area contributed by atoms with Gasteiger partial charge in [0.25, 0.3) is 0 Å². The standard InChI is InChI=1S/C23H20N6O3S/c1-12-8-13(2)21-17(28-32-19(21)9-12)10-20(31)25-22-26-23-29(27-22)18(11-33-23)15-4-6-16(7-5-15)24-14(3)30/h4-9,11H,10H2,1-3H3,(H,24,30)(H,25,27,31). The molecule has 10 heteroatoms. The molecule has 3 aromatic heterocycles. The van der Waals surface area contributed by atoms with E-state index in [1.54, 1.807) is 4.52 Å². The fourth-order valence-electron chi connectivity index (χ4n) is 3.82. The van der Waals surface area contributed by atoms with Gasteiger partial charge in [0.1, 0.15) is 5.69 Å². The molecule has 0 atom stereocenters. The minimum absolute atomic E-state index is 0.0568. The van der Waals surface area contributed by atoms with Crippen molar-refractivity contribution in [2.24, 2.45) is 0 Å². The lowest BCUT2D eigenvalue weighted by Gasteiger charge is -2.03. The first-order valence-corrected chi connectivity index (χ1v) is 11.1. The van der Waals surface area contributed by atoms with Crippen LogP contribution in [0.15, 0.2) is 46.3 Å². The predicted octanol–water partition coefficient (Wildman–Crippen LogP) is 4.36. The van der Waals surface area contributed by atoms with Crippen LogP contribution < -0.4 is 10.6 Å². The second kappa shape index (κ2) is 8.14. The van der Waals surface area contributed by atoms with Gasteiger partial charge in [-0.15, -0.1) is 16.4 Å². The summed E-state index contributed by atoms with van der Waals surface area (Å²) in [6.07, 6.45) is 0.0568. The van der Waals surface area contributed by atoms with Gasteiger partial charge in [0.05, 0.1) is 12.1 Å². The van der Waals surface area contributed by atoms with E-state index in [-0.39, 0.29) is 24.2 Å². The Morgan fingerprint density at radius 3 is 2.67 bits per heavy atom. The highest BCUT2D eigenvalue weighted by molar-refractivity contribution is 7.15. The highest BCUT2D eigenvalue weighted by atomic mass is 32.1. The van der Waals surface area contributed by atoms with E-state index >= 15 is 0 Å². The Hall–Kier alpha value is -4.05. The van der Waals surface area contributed by atoms with Crippen molar-refractivity contribution in [3.8, 4) is 11.3 Å². The number of fused-ring (bicyclic) bond motifs is 2. The second-order valence-electron chi connectivity index (χ2n) is 7.82. The molecule has 33 heavy (non-hydrogen) atoms. The molecule has 0 radical (unpaired) electrons. The van der Waals surface area contributed by atoms with E-state index < -0.39 is 0 Å². The van der Waals surface area contributed by atoms with Gasteiger partial charge in [0.15, 0.2) is 5.58 Å². The zero-order valence-electron chi connectivity index (χ0n) is 18.2. The Morgan fingerprint density at radius 2 is 1.91 bits per heavy atom. The van der Waals surface area contributed by atoms with Gasteiger partial charge in [0.2, 0.25) is 22.7 Å². The van der Waals surface area contributed by atoms with Crippen LogP contribution in [0.1, 0.15) is 23.7 Å². The van der Waals surface area contributed by atoms with Crippen LogP contribution >= 0.6 is 11.3 Å². The van der Waals surface area contributed by atoms with Crippen LogP contribution in [0.3, 0.4) is 0 Å². The fraction of sp³-hybridized carbons (Fsp3) is 0.174. The summed E-state index contributed by atoms with van der Waals surface area (Å²) in [7, 11) is 0. The third kappa shape index (κ3) is 4.08. The van der Waals surface area contributed by atoms with Gasteiger partial charge in [-0.2, -0.15) is 4.98 Å². The number of carbonyl (C=O) groups excluding carboxylic acids is 2. The largest absolute Gasteiger partial charge is 0.356 e. The summed E-state index contributed by atoms with van der Waals surface area (Å²) in [5.41, 5.74) is 5.82. The van der Waals surface area contributed by atoms with Crippen molar-refractivity contribution in [1.82, 2.24) is 19.8 Å². The number of anilines is 2. The molecule has 5 aromatic rings. The molecule has 2 amide bonds. The SMILES string of the molecule is CC(=O)Nc1ccc(-c2csc3nc(NC(=O)Cc4noc5cc(C)cc(C)c45)nn23)cc1. The summed E-state index contributed by atoms with van der Waals surface area (Å²) in [6.45, 7) is 5.43. The third-order valence-corrected chi connectivity index (χ3v) is 5.96. The number of aromatic nitrogens is 4. The van der Waals surface area contributed by atoms with Crippen molar-refractivity contribution in [3.05, 3.63) is 58.6 Å². The average Bonchev–Trinajstić information content (AvgIpc) is 3.43. The number of aryl methyl sites for hydroxylation is 2. The van der Waals surface area contributed by atoms with Crippen LogP contribution in [0.2, 0.25) is 0 Å². The van der Waals surface area contributed by atoms with Gasteiger partial charge < -0.3 is 9.84 Å². The van der Waals surface area contributed by atoms with E-state index in [1.165, 1.54) is 18.3 Å². The third-order valence-electron chi connectivity index (χ3n) is 5.15. The maximum absolute atomic E-state index is 12.7. The van der Waals surface area contributed by atoms with Crippen LogP contribution in [0.5, 0.6) is 0 Å². The molecular weight excluding hydrogens is 440 g/mol. The van der Waals surface area contributed by atoms with Crippen molar-refractivity contribution in [3.63, 3.8) is 0 Å². The molecule has 3 heterocycles. The van der Waals surface area contributed by atoms with Crippen LogP contribution in [0.25, 0.3) is 27.2 Å². The Bertz CT molecular complexity index is 1510. The molecule has 0 bridgehead atoms. The molecule has 0 spiro atoms. The summed E-state index contributed by atoms with van der Waals surface area (Å²) in [6, 6.07) is 11.4. The number of hydrogen-bond acceptors (Lipinski definition) is 7. The summed E-state index contributed by atoms with van der Waals surface area (Å²) in [5, 5.41) is 16.8. The Kier molecular flexibility index (Phi) is 5.14. The number of benzene rings is 2. The fourth-order valence-corrected chi connectivity index (χ4v) is 4.65. The van der Waals surface area contributed by atoms with E-state index in [9.17, 15) is 9.59 Å². The molecule has 2 N–H and O–H groups in total. The van der Waals surface area contributed by atoms with Gasteiger partial charge in [-0.05, 0) is 43.2 Å². The van der Waals surface area contributed by atoms with Crippen LogP contribution in [0.4, 0.5) is 11.6 Å². The lowest BCUT2D eigenvalue weighted by molar-refractivity contribution is -0.116. The normalized spacial score (nSPS) is 11.2. The number of carbonyl (C=O) groups is 2. The van der Waals surface area contributed by atoms with Crippen LogP contribution in [0, 0.1) is 13.8 Å². The highest BCUT2D eigenvalue weighted by Gasteiger charge is 2.17. The lowest BCUT2D eigenvalue weighted by Crippen LogP contribution is -2.16. The second-order valence-corrected chi connectivity index (χ2v) is 8.65. The van der Waals surface area contributed by atoms with Gasteiger partial charge in [0, 0.05) is 28.9 Å². The van der Waals surface area contributed by atoms with Gasteiger partial charge in [-0.25, -0.2) is 4.52 Å². The quantitative estimate of drug-likeness (QED) is 0.403. The zero-order valence-corrected chi connectivity index (χ0v) is 19.0. The number of nitrogens with zero attached hydrogens (tertiary/aromatic N) is 4. The van der Waals surface area contributed by atoms with Crippen molar-refractivity contribution >= 4 is 50.7 Å². The predicted molar refractivity (Wildman–Crippen MR) is 126 cm³/mol. The maximum atomic E-state index is 12.7. The molecular formula is C23H20N6O3S. The van der Waals surface area contributed by atoms with Gasteiger partial charge >= 0.3 is 0 Å². The first-order valence-electron chi connectivity index (χ1n) is 10.2. The van der Waals surface area contributed by atoms with E-state index in [0.717, 1.165) is 33.5 Å². The van der Waals surface area contributed by atoms with E-state index in [4.69, 9.17) is 4.52 Å². The van der Waals surface area contributed by atoms with Crippen molar-refractivity contribution in [2.75, 3.05) is 10.6 Å². The molecule has 166 valence electrons. The molecule has 0 aliphatic carbocycles. The number of thiazole rings is 1. The topological polar surface area (TPSA) is 114 Å². The van der Waals surface area contributed by atoms with Crippen LogP contribution in [-0.2, 0) is 16.0 Å². The number of nitrogens with one attached hydrogen (secondary N) is 2. The lowest BCUT2D eigenvalue weighted by atomic mass is 10.0. The van der Waals surface area contributed by atoms with E-state index in [0.29, 0.717) is 16.2 Å². The molecule has 0 aliphatic heterocycles. The van der Waals surface area contributed by atoms with E-state index in [2.05, 4.69) is 25.9 Å². The molecule has 5 rings (SSSR count). The molecule has 0 aliphatic rings. The van der Waals surface area contributed by atoms with E-state index in [1.807, 2.05) is 55.6 Å². The molecule has 0 unspecified atom stereocenters. The van der Waals surface area contributed by atoms with Gasteiger partial charge in [-0.3, -0.25) is 14.9 Å². The molecule has 0 saturated carbocycles. The minimum atomic E-state index is -0.273. The number of rotatable bonds is 5. The summed E-state index contributed by atoms with van der Waals surface area (Å²) in [5.74, 6) is -0.172. The Morgan fingerprint density at radius 1 is 1.12 bits per heavy atom. The Labute approximate surface area is 192 Å². The maximum Gasteiger partial charge on any atom is 0.250 e. The van der Waals surface area contributed by atoms with Gasteiger partial charge in [-0.1, -0.05) is 23.4 Å². The van der Waals surface area contributed by atoms with Crippen molar-refractivity contribution in [1.29, 1.82) is 0 Å². The molecule has 0 saturated heterocycles. The monoisotopic (exact) mass is 460 g/mol. The summed E-state index contributed by atoms with van der Waals surface area (Å²) < 4.78 is 7.09. The smallest absolute Gasteiger partial charge is 0.250 e. The molecule has 0 fully saturated rings. The number of hydrogen-bond donors (Lipinski definition) is 2. The highest BCUT2D eigenvalue weighted by Crippen LogP contribution is 2.28. The average molecular weight is 461 g/mol.